The van der Waals surface area contributed by atoms with Gasteiger partial charge in [-0.25, -0.2) is 4.57 Å². The van der Waals surface area contributed by atoms with E-state index in [1.165, 1.54) is 64.2 Å². The van der Waals surface area contributed by atoms with E-state index in [1.807, 2.05) is 0 Å². The zero-order valence-electron chi connectivity index (χ0n) is 27.5. The van der Waals surface area contributed by atoms with Gasteiger partial charge in [-0.15, -0.1) is 0 Å². The van der Waals surface area contributed by atoms with E-state index < -0.39 is 51.1 Å². The van der Waals surface area contributed by atoms with Gasteiger partial charge in [-0.2, -0.15) is 0 Å². The number of carbonyl (C=O) groups is 3. The fourth-order valence-electron chi connectivity index (χ4n) is 4.59. The molecular weight excluding hydrogens is 589 g/mol. The molecule has 12 heteroatoms. The fourth-order valence-corrected chi connectivity index (χ4v) is 5.37. The lowest BCUT2D eigenvalue weighted by Crippen LogP contribution is -2.34. The smallest absolute Gasteiger partial charge is 0.472 e. The minimum atomic E-state index is -4.69. The Morgan fingerprint density at radius 3 is 1.43 bits per heavy atom. The molecule has 0 saturated carbocycles. The van der Waals surface area contributed by atoms with Gasteiger partial charge in [0.05, 0.1) is 13.2 Å². The van der Waals surface area contributed by atoms with Crippen LogP contribution in [-0.4, -0.2) is 59.9 Å². The molecule has 0 spiro atoms. The number of unbranched alkanes of at least 4 members (excludes halogenated alkanes) is 18. The van der Waals surface area contributed by atoms with E-state index in [-0.39, 0.29) is 19.4 Å². The summed E-state index contributed by atoms with van der Waals surface area (Å²) in [6.45, 7) is 2.70. The van der Waals surface area contributed by atoms with Crippen LogP contribution in [0.1, 0.15) is 155 Å². The maximum absolute atomic E-state index is 12.5. The van der Waals surface area contributed by atoms with Crippen molar-refractivity contribution in [1.82, 2.24) is 0 Å². The highest BCUT2D eigenvalue weighted by Gasteiger charge is 2.28. The second kappa shape index (κ2) is 28.9. The Labute approximate surface area is 265 Å². The number of esters is 2. The van der Waals surface area contributed by atoms with Crippen LogP contribution in [0, 0.1) is 0 Å². The normalized spacial score (nSPS) is 14.1. The van der Waals surface area contributed by atoms with E-state index in [0.29, 0.717) is 12.8 Å². The van der Waals surface area contributed by atoms with Crippen LogP contribution in [0.15, 0.2) is 0 Å². The number of nitrogens with two attached hydrogens (primary N) is 1. The van der Waals surface area contributed by atoms with Gasteiger partial charge in [0.2, 0.25) is 0 Å². The quantitative estimate of drug-likeness (QED) is 0.0371. The highest BCUT2D eigenvalue weighted by Crippen LogP contribution is 2.43. The molecule has 11 nitrogen and oxygen atoms in total. The maximum Gasteiger partial charge on any atom is 0.472 e. The standard InChI is InChI=1S/C32H62NO10P/c1-3-5-7-9-11-12-13-14-15-16-17-18-20-22-24-31(35)43-28(25-40-30(34)23-21-19-10-8-6-4-2)26-41-44(38,39)42-27-29(33)32(36)37/h28-29H,3-27,33H2,1-2H3,(H,36,37)(H,38,39). The minimum Gasteiger partial charge on any atom is -0.480 e. The van der Waals surface area contributed by atoms with Crippen LogP contribution >= 0.6 is 7.82 Å². The van der Waals surface area contributed by atoms with Gasteiger partial charge in [0.25, 0.3) is 0 Å². The van der Waals surface area contributed by atoms with E-state index >= 15 is 0 Å². The largest absolute Gasteiger partial charge is 0.480 e. The number of carbonyl (C=O) groups excluding carboxylic acids is 2. The SMILES string of the molecule is CCCCCCCCCCCCCCCCC(=O)OC(COC(=O)CCCCCCCC)COP(=O)(O)OCC(N)C(=O)O. The lowest BCUT2D eigenvalue weighted by Gasteiger charge is -2.20. The maximum atomic E-state index is 12.5. The van der Waals surface area contributed by atoms with Crippen molar-refractivity contribution in [3.63, 3.8) is 0 Å². The number of ether oxygens (including phenoxy) is 2. The highest BCUT2D eigenvalue weighted by atomic mass is 31.2. The number of rotatable bonds is 32. The number of carboxylic acid groups (broad SMARTS) is 1. The third-order valence-electron chi connectivity index (χ3n) is 7.36. The van der Waals surface area contributed by atoms with Crippen LogP contribution < -0.4 is 5.73 Å². The van der Waals surface area contributed by atoms with E-state index in [2.05, 4.69) is 18.4 Å². The molecule has 3 unspecified atom stereocenters. The molecule has 0 aromatic rings. The summed E-state index contributed by atoms with van der Waals surface area (Å²) in [7, 11) is -4.69. The summed E-state index contributed by atoms with van der Waals surface area (Å²) in [5, 5.41) is 8.81. The van der Waals surface area contributed by atoms with Crippen molar-refractivity contribution in [3.8, 4) is 0 Å². The van der Waals surface area contributed by atoms with Crippen LogP contribution in [0.2, 0.25) is 0 Å². The lowest BCUT2D eigenvalue weighted by molar-refractivity contribution is -0.161. The summed E-state index contributed by atoms with van der Waals surface area (Å²) in [5.41, 5.74) is 5.29. The van der Waals surface area contributed by atoms with Crippen molar-refractivity contribution in [3.05, 3.63) is 0 Å². The number of carboxylic acids is 1. The Hall–Kier alpha value is -1.52. The van der Waals surface area contributed by atoms with E-state index in [0.717, 1.165) is 51.4 Å². The van der Waals surface area contributed by atoms with Crippen LogP contribution in [0.25, 0.3) is 0 Å². The van der Waals surface area contributed by atoms with Crippen molar-refractivity contribution < 1.29 is 47.5 Å². The first-order valence-corrected chi connectivity index (χ1v) is 18.6. The molecule has 0 fully saturated rings. The molecule has 0 aliphatic carbocycles. The zero-order chi connectivity index (χ0) is 32.9. The van der Waals surface area contributed by atoms with Gasteiger partial charge in [-0.1, -0.05) is 129 Å². The van der Waals surface area contributed by atoms with Crippen molar-refractivity contribution in [2.24, 2.45) is 5.73 Å². The summed E-state index contributed by atoms with van der Waals surface area (Å²) in [4.78, 5) is 45.3. The minimum absolute atomic E-state index is 0.168. The van der Waals surface area contributed by atoms with Crippen molar-refractivity contribution in [1.29, 1.82) is 0 Å². The molecule has 44 heavy (non-hydrogen) atoms. The predicted molar refractivity (Wildman–Crippen MR) is 171 cm³/mol. The first kappa shape index (κ1) is 42.5. The van der Waals surface area contributed by atoms with E-state index in [4.69, 9.17) is 24.8 Å². The Morgan fingerprint density at radius 2 is 1.00 bits per heavy atom. The topological polar surface area (TPSA) is 172 Å². The van der Waals surface area contributed by atoms with Gasteiger partial charge < -0.3 is 25.2 Å². The molecule has 0 aromatic heterocycles. The van der Waals surface area contributed by atoms with Gasteiger partial charge in [-0.05, 0) is 12.8 Å². The highest BCUT2D eigenvalue weighted by molar-refractivity contribution is 7.47. The molecule has 3 atom stereocenters. The summed E-state index contributed by atoms with van der Waals surface area (Å²) in [6.07, 6.45) is 22.1. The summed E-state index contributed by atoms with van der Waals surface area (Å²) in [5.74, 6) is -2.38. The fraction of sp³-hybridized carbons (Fsp3) is 0.906. The zero-order valence-corrected chi connectivity index (χ0v) is 28.4. The molecule has 0 radical (unpaired) electrons. The van der Waals surface area contributed by atoms with Gasteiger partial charge in [0.1, 0.15) is 12.6 Å². The Balaban J connectivity index is 4.40. The van der Waals surface area contributed by atoms with Crippen LogP contribution in [0.5, 0.6) is 0 Å². The summed E-state index contributed by atoms with van der Waals surface area (Å²) >= 11 is 0. The molecule has 0 bridgehead atoms. The molecule has 0 aromatic carbocycles. The molecule has 0 aliphatic heterocycles. The monoisotopic (exact) mass is 651 g/mol. The summed E-state index contributed by atoms with van der Waals surface area (Å²) < 4.78 is 32.3. The Kier molecular flexibility index (Phi) is 27.9. The molecular formula is C32H62NO10P. The number of phosphoric acid groups is 1. The molecule has 0 heterocycles. The van der Waals surface area contributed by atoms with Gasteiger partial charge in [-0.3, -0.25) is 23.4 Å². The Bertz CT molecular complexity index is 782. The van der Waals surface area contributed by atoms with E-state index in [1.54, 1.807) is 0 Å². The molecule has 0 amide bonds. The molecule has 0 rings (SSSR count). The molecule has 0 aliphatic rings. The molecule has 4 N–H and O–H groups in total. The lowest BCUT2D eigenvalue weighted by atomic mass is 10.0. The second-order valence-electron chi connectivity index (χ2n) is 11.7. The number of aliphatic carboxylic acids is 1. The van der Waals surface area contributed by atoms with Crippen molar-refractivity contribution in [2.75, 3.05) is 19.8 Å². The average Bonchev–Trinajstić information content (AvgIpc) is 2.99. The Morgan fingerprint density at radius 1 is 0.614 bits per heavy atom. The first-order chi connectivity index (χ1) is 21.1. The third kappa shape index (κ3) is 28.0. The average molecular weight is 652 g/mol. The molecule has 0 saturated heterocycles. The molecule has 260 valence electrons. The first-order valence-electron chi connectivity index (χ1n) is 17.1. The van der Waals surface area contributed by atoms with E-state index in [9.17, 15) is 23.8 Å². The number of hydrogen-bond donors (Lipinski definition) is 3. The second-order valence-corrected chi connectivity index (χ2v) is 13.1. The van der Waals surface area contributed by atoms with Gasteiger partial charge in [0, 0.05) is 12.8 Å². The van der Waals surface area contributed by atoms with Crippen LogP contribution in [-0.2, 0) is 37.5 Å². The number of phosphoric ester groups is 1. The van der Waals surface area contributed by atoms with Gasteiger partial charge in [0.15, 0.2) is 6.10 Å². The van der Waals surface area contributed by atoms with Crippen LogP contribution in [0.3, 0.4) is 0 Å². The predicted octanol–water partition coefficient (Wildman–Crippen LogP) is 7.61. The van der Waals surface area contributed by atoms with Crippen molar-refractivity contribution >= 4 is 25.7 Å². The number of hydrogen-bond acceptors (Lipinski definition) is 9. The van der Waals surface area contributed by atoms with Crippen LogP contribution in [0.4, 0.5) is 0 Å². The summed E-state index contributed by atoms with van der Waals surface area (Å²) in [6, 6.07) is -1.51. The van der Waals surface area contributed by atoms with Crippen molar-refractivity contribution in [2.45, 2.75) is 167 Å². The van der Waals surface area contributed by atoms with Gasteiger partial charge >= 0.3 is 25.7 Å². The third-order valence-corrected chi connectivity index (χ3v) is 8.31.